The second-order valence-electron chi connectivity index (χ2n) is 5.87. The van der Waals surface area contributed by atoms with Crippen molar-refractivity contribution in [1.29, 1.82) is 0 Å². The smallest absolute Gasteiger partial charge is 0.871 e. The second kappa shape index (κ2) is 12.5. The van der Waals surface area contributed by atoms with Gasteiger partial charge in [-0.05, 0) is 41.1 Å². The van der Waals surface area contributed by atoms with E-state index in [1.54, 1.807) is 0 Å². The summed E-state index contributed by atoms with van der Waals surface area (Å²) in [5.41, 5.74) is -1.37. The Bertz CT molecular complexity index is 1440. The van der Waals surface area contributed by atoms with Gasteiger partial charge in [-0.25, -0.2) is 21.6 Å². The first-order valence-electron chi connectivity index (χ1n) is 7.83. The van der Waals surface area contributed by atoms with E-state index < -0.39 is 47.4 Å². The van der Waals surface area contributed by atoms with Gasteiger partial charge in [0.2, 0.25) is 0 Å². The van der Waals surface area contributed by atoms with Gasteiger partial charge in [-0.15, -0.1) is 10.2 Å². The fourth-order valence-corrected chi connectivity index (χ4v) is 3.75. The van der Waals surface area contributed by atoms with Gasteiger partial charge in [-0.2, -0.15) is 0 Å². The van der Waals surface area contributed by atoms with Gasteiger partial charge in [-0.1, -0.05) is 23.9 Å². The maximum atomic E-state index is 12.7. The van der Waals surface area contributed by atoms with E-state index in [4.69, 9.17) is 5.11 Å². The van der Waals surface area contributed by atoms with Gasteiger partial charge in [0.1, 0.15) is 25.9 Å². The molecule has 156 valence electrons. The molecule has 3 aromatic carbocycles. The standard InChI is InChI=1S/C17H12N2O9S2.3Na/c20-16-11-6-5-10(29(23,24)25)7-9(11)8-14(30(26,27)28)15(16)19-18-13-4-2-1-3-12(13)17(21)22;;;/h1-8,20H,(H,21,22)(H,23,24,25)(H,26,27,28);;;/q;3*+1/p-3. The van der Waals surface area contributed by atoms with Crippen molar-refractivity contribution in [3.8, 4) is 5.75 Å². The Morgan fingerprint density at radius 1 is 0.848 bits per heavy atom. The molecule has 0 aliphatic carbocycles. The Labute approximate surface area is 254 Å². The first-order valence-corrected chi connectivity index (χ1v) is 10.6. The summed E-state index contributed by atoms with van der Waals surface area (Å²) in [6.07, 6.45) is 0. The zero-order valence-corrected chi connectivity index (χ0v) is 25.2. The molecule has 0 heterocycles. The number of hydrogen-bond donors (Lipinski definition) is 1. The van der Waals surface area contributed by atoms with E-state index in [0.29, 0.717) is 6.07 Å². The summed E-state index contributed by atoms with van der Waals surface area (Å²) >= 11 is 0. The predicted octanol–water partition coefficient (Wildman–Crippen LogP) is -7.15. The van der Waals surface area contributed by atoms with Crippen molar-refractivity contribution >= 4 is 48.4 Å². The van der Waals surface area contributed by atoms with Crippen LogP contribution in [0.5, 0.6) is 5.75 Å². The minimum Gasteiger partial charge on any atom is -0.871 e. The summed E-state index contributed by atoms with van der Waals surface area (Å²) < 4.78 is 68.4. The van der Waals surface area contributed by atoms with E-state index >= 15 is 0 Å². The van der Waals surface area contributed by atoms with Crippen LogP contribution in [0.1, 0.15) is 10.4 Å². The van der Waals surface area contributed by atoms with Crippen molar-refractivity contribution in [3.05, 3.63) is 54.1 Å². The van der Waals surface area contributed by atoms with E-state index in [2.05, 4.69) is 10.2 Å². The fraction of sp³-hybridized carbons (Fsp3) is 0. The number of azo groups is 1. The molecule has 0 saturated carbocycles. The average Bonchev–Trinajstić information content (AvgIpc) is 2.65. The van der Waals surface area contributed by atoms with E-state index in [1.807, 2.05) is 0 Å². The molecular weight excluding hydrogens is 509 g/mol. The third-order valence-corrected chi connectivity index (χ3v) is 5.63. The molecule has 0 aliphatic heterocycles. The van der Waals surface area contributed by atoms with Crippen LogP contribution in [0.3, 0.4) is 0 Å². The van der Waals surface area contributed by atoms with Crippen molar-refractivity contribution in [1.82, 2.24) is 0 Å². The maximum absolute atomic E-state index is 12.7. The molecule has 11 nitrogen and oxygen atoms in total. The molecule has 33 heavy (non-hydrogen) atoms. The maximum Gasteiger partial charge on any atom is 1.00 e. The minimum absolute atomic E-state index is 0. The van der Waals surface area contributed by atoms with Crippen molar-refractivity contribution in [3.63, 3.8) is 0 Å². The van der Waals surface area contributed by atoms with Gasteiger partial charge in [-0.3, -0.25) is 0 Å². The molecule has 0 unspecified atom stereocenters. The van der Waals surface area contributed by atoms with Gasteiger partial charge in [0.05, 0.1) is 21.0 Å². The number of carboxylic acid groups (broad SMARTS) is 1. The topological polar surface area (TPSA) is 199 Å². The molecule has 0 fully saturated rings. The molecule has 0 atom stereocenters. The van der Waals surface area contributed by atoms with Gasteiger partial charge in [0.15, 0.2) is 0 Å². The molecule has 0 amide bonds. The predicted molar refractivity (Wildman–Crippen MR) is 96.9 cm³/mol. The van der Waals surface area contributed by atoms with E-state index in [-0.39, 0.29) is 111 Å². The Morgan fingerprint density at radius 3 is 2.00 bits per heavy atom. The summed E-state index contributed by atoms with van der Waals surface area (Å²) in [6.45, 7) is 0. The third-order valence-electron chi connectivity index (χ3n) is 3.95. The van der Waals surface area contributed by atoms with Crippen molar-refractivity contribution in [2.24, 2.45) is 10.2 Å². The molecule has 0 saturated heterocycles. The molecule has 1 N–H and O–H groups in total. The number of aromatic carboxylic acids is 1. The summed E-state index contributed by atoms with van der Waals surface area (Å²) in [4.78, 5) is 9.40. The largest absolute Gasteiger partial charge is 1.00 e. The van der Waals surface area contributed by atoms with E-state index in [0.717, 1.165) is 18.2 Å². The number of nitrogens with zero attached hydrogens (tertiary/aromatic N) is 2. The normalized spacial score (nSPS) is 11.3. The van der Waals surface area contributed by atoms with E-state index in [1.165, 1.54) is 24.3 Å². The van der Waals surface area contributed by atoms with Crippen molar-refractivity contribution in [2.75, 3.05) is 0 Å². The molecule has 0 aliphatic rings. The monoisotopic (exact) mass is 518 g/mol. The van der Waals surface area contributed by atoms with Crippen LogP contribution >= 0.6 is 0 Å². The zero-order chi connectivity index (χ0) is 22.3. The third kappa shape index (κ3) is 7.54. The molecule has 0 aromatic heterocycles. The van der Waals surface area contributed by atoms with Crippen LogP contribution in [0.2, 0.25) is 0 Å². The van der Waals surface area contributed by atoms with Crippen LogP contribution in [-0.4, -0.2) is 37.0 Å². The van der Waals surface area contributed by atoms with Gasteiger partial charge in [0.25, 0.3) is 0 Å². The second-order valence-corrected chi connectivity index (χ2v) is 8.59. The van der Waals surface area contributed by atoms with Crippen LogP contribution in [0.15, 0.2) is 68.6 Å². The SMILES string of the molecule is O=C(O)c1ccccc1N=Nc1c(S(=O)(=O)[O-])cc2cc(S(=O)(=O)[O-])ccc2c1[O-].[Na+].[Na+].[Na+]. The Kier molecular flexibility index (Phi) is 12.4. The molecule has 16 heteroatoms. The summed E-state index contributed by atoms with van der Waals surface area (Å²) in [6, 6.07) is 8.55. The molecule has 3 rings (SSSR count). The van der Waals surface area contributed by atoms with Crippen molar-refractivity contribution in [2.45, 2.75) is 9.79 Å². The summed E-state index contributed by atoms with van der Waals surface area (Å²) in [5.74, 6) is -2.43. The number of fused-ring (bicyclic) bond motifs is 1. The molecule has 0 spiro atoms. The number of hydrogen-bond acceptors (Lipinski definition) is 10. The zero-order valence-electron chi connectivity index (χ0n) is 17.5. The van der Waals surface area contributed by atoms with Crippen LogP contribution < -0.4 is 93.8 Å². The van der Waals surface area contributed by atoms with Gasteiger partial charge in [0, 0.05) is 0 Å². The number of rotatable bonds is 5. The quantitative estimate of drug-likeness (QED) is 0.194. The van der Waals surface area contributed by atoms with Crippen LogP contribution in [0.4, 0.5) is 11.4 Å². The Balaban J connectivity index is 0.00000341. The number of benzene rings is 3. The molecule has 3 aromatic rings. The first-order chi connectivity index (χ1) is 13.9. The van der Waals surface area contributed by atoms with E-state index in [9.17, 15) is 35.8 Å². The Hall–Kier alpha value is -0.390. The molecule has 0 radical (unpaired) electrons. The van der Waals surface area contributed by atoms with Crippen LogP contribution in [0.25, 0.3) is 10.8 Å². The Morgan fingerprint density at radius 2 is 1.45 bits per heavy atom. The summed E-state index contributed by atoms with van der Waals surface area (Å²) in [7, 11) is -10.2. The molecule has 0 bridgehead atoms. The van der Waals surface area contributed by atoms with Gasteiger partial charge >= 0.3 is 94.6 Å². The molecular formula is C17H9N2Na3O9S2. The van der Waals surface area contributed by atoms with Crippen LogP contribution in [-0.2, 0) is 20.2 Å². The fourth-order valence-electron chi connectivity index (χ4n) is 2.60. The van der Waals surface area contributed by atoms with Crippen molar-refractivity contribution < 1.29 is 130 Å². The summed E-state index contributed by atoms with van der Waals surface area (Å²) in [5, 5.41) is 28.4. The van der Waals surface area contributed by atoms with Crippen LogP contribution in [0, 0.1) is 0 Å². The number of carbonyl (C=O) groups is 1. The first kappa shape index (κ1) is 32.6. The number of carboxylic acids is 1. The minimum atomic E-state index is -5.27. The average molecular weight is 518 g/mol. The van der Waals surface area contributed by atoms with Gasteiger partial charge < -0.3 is 19.3 Å².